The third-order valence-electron chi connectivity index (χ3n) is 4.80. The Morgan fingerprint density at radius 1 is 1.33 bits per heavy atom. The molecule has 0 atom stereocenters. The average molecular weight is 288 g/mol. The highest BCUT2D eigenvalue weighted by Gasteiger charge is 2.34. The van der Waals surface area contributed by atoms with Crippen molar-refractivity contribution in [3.05, 3.63) is 35.1 Å². The van der Waals surface area contributed by atoms with Gasteiger partial charge in [0.15, 0.2) is 0 Å². The van der Waals surface area contributed by atoms with Crippen LogP contribution in [0.25, 0.3) is 0 Å². The van der Waals surface area contributed by atoms with Crippen LogP contribution in [0.2, 0.25) is 0 Å². The fraction of sp³-hybridized carbons (Fsp3) is 0.556. The molecule has 114 valence electrons. The zero-order chi connectivity index (χ0) is 15.3. The molecule has 1 fully saturated rings. The van der Waals surface area contributed by atoms with Gasteiger partial charge in [-0.2, -0.15) is 0 Å². The number of halogens is 1. The number of hydrogen-bond acceptors (Lipinski definition) is 2. The molecule has 2 nitrogen and oxygen atoms in total. The summed E-state index contributed by atoms with van der Waals surface area (Å²) in [5.41, 5.74) is 7.22. The monoisotopic (exact) mass is 288 g/mol. The highest BCUT2D eigenvalue weighted by molar-refractivity contribution is 5.37. The Morgan fingerprint density at radius 2 is 2.10 bits per heavy atom. The summed E-state index contributed by atoms with van der Waals surface area (Å²) in [5, 5.41) is 0. The molecule has 3 heteroatoms. The molecule has 1 aliphatic heterocycles. The smallest absolute Gasteiger partial charge is 0.128 e. The predicted octanol–water partition coefficient (Wildman–Crippen LogP) is 3.15. The molecule has 1 aliphatic rings. The van der Waals surface area contributed by atoms with E-state index in [2.05, 4.69) is 30.6 Å². The summed E-state index contributed by atoms with van der Waals surface area (Å²) >= 11 is 0. The topological polar surface area (TPSA) is 29.3 Å². The van der Waals surface area contributed by atoms with Gasteiger partial charge in [-0.1, -0.05) is 31.8 Å². The quantitative estimate of drug-likeness (QED) is 0.862. The van der Waals surface area contributed by atoms with Gasteiger partial charge >= 0.3 is 0 Å². The molecule has 0 amide bonds. The molecule has 2 rings (SSSR count). The summed E-state index contributed by atoms with van der Waals surface area (Å²) in [6, 6.07) is 5.25. The van der Waals surface area contributed by atoms with E-state index in [0.29, 0.717) is 24.1 Å². The van der Waals surface area contributed by atoms with Gasteiger partial charge in [0.1, 0.15) is 5.82 Å². The van der Waals surface area contributed by atoms with Gasteiger partial charge in [0, 0.05) is 24.2 Å². The summed E-state index contributed by atoms with van der Waals surface area (Å²) in [4.78, 5) is 2.37. The Bertz CT molecular complexity index is 538. The lowest BCUT2D eigenvalue weighted by atomic mass is 9.82. The van der Waals surface area contributed by atoms with Crippen LogP contribution in [-0.4, -0.2) is 24.5 Å². The van der Waals surface area contributed by atoms with Gasteiger partial charge in [0.2, 0.25) is 0 Å². The molecule has 0 radical (unpaired) electrons. The maximum atomic E-state index is 14.2. The van der Waals surface area contributed by atoms with Gasteiger partial charge in [-0.25, -0.2) is 4.39 Å². The van der Waals surface area contributed by atoms with E-state index >= 15 is 0 Å². The van der Waals surface area contributed by atoms with Crippen LogP contribution in [0.1, 0.15) is 44.2 Å². The molecule has 1 aromatic carbocycles. The molecule has 0 aromatic heterocycles. The predicted molar refractivity (Wildman–Crippen MR) is 85.2 cm³/mol. The lowest BCUT2D eigenvalue weighted by Crippen LogP contribution is -2.26. The molecular weight excluding hydrogens is 263 g/mol. The number of likely N-dealkylation sites (tertiary alicyclic amines) is 1. The van der Waals surface area contributed by atoms with Crippen molar-refractivity contribution in [3.8, 4) is 11.8 Å². The minimum Gasteiger partial charge on any atom is -0.320 e. The van der Waals surface area contributed by atoms with E-state index in [0.717, 1.165) is 18.7 Å². The van der Waals surface area contributed by atoms with Gasteiger partial charge in [-0.3, -0.25) is 4.90 Å². The standard InChI is InChI=1S/C18H25FN2/c1-3-18(4-2)9-11-21(14-18)13-16-8-7-15(6-5-10-20)12-17(16)19/h7-8,12H,3-4,9-11,13-14,20H2,1-2H3. The molecule has 0 bridgehead atoms. The van der Waals surface area contributed by atoms with Crippen molar-refractivity contribution in [1.29, 1.82) is 0 Å². The first-order valence-electron chi connectivity index (χ1n) is 7.82. The summed E-state index contributed by atoms with van der Waals surface area (Å²) in [5.74, 6) is 5.46. The number of benzene rings is 1. The minimum atomic E-state index is -0.163. The van der Waals surface area contributed by atoms with E-state index in [1.54, 1.807) is 0 Å². The van der Waals surface area contributed by atoms with Crippen molar-refractivity contribution in [2.75, 3.05) is 19.6 Å². The summed E-state index contributed by atoms with van der Waals surface area (Å²) < 4.78 is 14.2. The molecule has 1 heterocycles. The number of nitrogens with zero attached hydrogens (tertiary/aromatic N) is 1. The van der Waals surface area contributed by atoms with Crippen LogP contribution >= 0.6 is 0 Å². The zero-order valence-electron chi connectivity index (χ0n) is 13.1. The van der Waals surface area contributed by atoms with Crippen LogP contribution in [0, 0.1) is 23.1 Å². The minimum absolute atomic E-state index is 0.163. The Hall–Kier alpha value is -1.37. The zero-order valence-corrected chi connectivity index (χ0v) is 13.1. The van der Waals surface area contributed by atoms with Crippen molar-refractivity contribution < 1.29 is 4.39 Å². The van der Waals surface area contributed by atoms with Crippen LogP contribution in [-0.2, 0) is 6.54 Å². The molecule has 2 N–H and O–H groups in total. The van der Waals surface area contributed by atoms with E-state index < -0.39 is 0 Å². The van der Waals surface area contributed by atoms with Gasteiger partial charge in [-0.15, -0.1) is 0 Å². The molecule has 21 heavy (non-hydrogen) atoms. The van der Waals surface area contributed by atoms with Crippen LogP contribution in [0.5, 0.6) is 0 Å². The van der Waals surface area contributed by atoms with Crippen molar-refractivity contribution in [2.24, 2.45) is 11.1 Å². The highest BCUT2D eigenvalue weighted by atomic mass is 19.1. The third-order valence-corrected chi connectivity index (χ3v) is 4.80. The second-order valence-corrected chi connectivity index (χ2v) is 5.98. The first kappa shape index (κ1) is 16.0. The van der Waals surface area contributed by atoms with E-state index in [9.17, 15) is 4.39 Å². The molecular formula is C18H25FN2. The molecule has 1 aromatic rings. The third kappa shape index (κ3) is 3.84. The Labute approximate surface area is 127 Å². The van der Waals surface area contributed by atoms with Crippen LogP contribution < -0.4 is 5.73 Å². The summed E-state index contributed by atoms with van der Waals surface area (Å²) in [6.45, 7) is 7.66. The van der Waals surface area contributed by atoms with Crippen molar-refractivity contribution in [1.82, 2.24) is 4.90 Å². The summed E-state index contributed by atoms with van der Waals surface area (Å²) in [6.07, 6.45) is 3.63. The van der Waals surface area contributed by atoms with E-state index in [1.165, 1.54) is 25.3 Å². The van der Waals surface area contributed by atoms with Gasteiger partial charge in [-0.05, 0) is 43.4 Å². The van der Waals surface area contributed by atoms with E-state index in [4.69, 9.17) is 5.73 Å². The van der Waals surface area contributed by atoms with Gasteiger partial charge < -0.3 is 5.73 Å². The Kier molecular flexibility index (Phi) is 5.39. The van der Waals surface area contributed by atoms with Crippen LogP contribution in [0.3, 0.4) is 0 Å². The first-order chi connectivity index (χ1) is 10.1. The number of hydrogen-bond donors (Lipinski definition) is 1. The van der Waals surface area contributed by atoms with Crippen LogP contribution in [0.15, 0.2) is 18.2 Å². The fourth-order valence-electron chi connectivity index (χ4n) is 3.14. The lowest BCUT2D eigenvalue weighted by Gasteiger charge is -2.26. The average Bonchev–Trinajstić information content (AvgIpc) is 2.91. The maximum absolute atomic E-state index is 14.2. The van der Waals surface area contributed by atoms with Gasteiger partial charge in [0.05, 0.1) is 6.54 Å². The molecule has 0 saturated carbocycles. The number of rotatable bonds is 4. The van der Waals surface area contributed by atoms with E-state index in [1.807, 2.05) is 12.1 Å². The second kappa shape index (κ2) is 7.06. The summed E-state index contributed by atoms with van der Waals surface area (Å²) in [7, 11) is 0. The highest BCUT2D eigenvalue weighted by Crippen LogP contribution is 2.37. The normalized spacial score (nSPS) is 17.5. The molecule has 1 saturated heterocycles. The van der Waals surface area contributed by atoms with Crippen molar-refractivity contribution in [3.63, 3.8) is 0 Å². The maximum Gasteiger partial charge on any atom is 0.128 e. The van der Waals surface area contributed by atoms with Crippen molar-refractivity contribution in [2.45, 2.75) is 39.7 Å². The van der Waals surface area contributed by atoms with Gasteiger partial charge in [0.25, 0.3) is 0 Å². The van der Waals surface area contributed by atoms with Crippen LogP contribution in [0.4, 0.5) is 4.39 Å². The Balaban J connectivity index is 2.04. The first-order valence-corrected chi connectivity index (χ1v) is 7.82. The Morgan fingerprint density at radius 3 is 2.67 bits per heavy atom. The molecule has 0 aliphatic carbocycles. The molecule has 0 unspecified atom stereocenters. The molecule has 0 spiro atoms. The largest absolute Gasteiger partial charge is 0.320 e. The van der Waals surface area contributed by atoms with Crippen molar-refractivity contribution >= 4 is 0 Å². The van der Waals surface area contributed by atoms with E-state index in [-0.39, 0.29) is 5.82 Å². The fourth-order valence-corrected chi connectivity index (χ4v) is 3.14. The second-order valence-electron chi connectivity index (χ2n) is 5.98. The lowest BCUT2D eigenvalue weighted by molar-refractivity contribution is 0.234. The SMILES string of the molecule is CCC1(CC)CCN(Cc2ccc(C#CCN)cc2F)C1. The number of nitrogens with two attached hydrogens (primary N) is 1.